The highest BCUT2D eigenvalue weighted by molar-refractivity contribution is 9.10. The Labute approximate surface area is 151 Å². The lowest BCUT2D eigenvalue weighted by atomic mass is 10.1. The Morgan fingerprint density at radius 1 is 1.08 bits per heavy atom. The second kappa shape index (κ2) is 8.11. The van der Waals surface area contributed by atoms with Crippen molar-refractivity contribution in [2.45, 2.75) is 27.3 Å². The highest BCUT2D eigenvalue weighted by atomic mass is 79.9. The van der Waals surface area contributed by atoms with Crippen molar-refractivity contribution in [1.82, 2.24) is 4.90 Å². The smallest absolute Gasteiger partial charge is 0.244 e. The molecule has 0 heterocycles. The monoisotopic (exact) mass is 388 g/mol. The summed E-state index contributed by atoms with van der Waals surface area (Å²) in [6.45, 7) is 5.89. The molecule has 0 saturated carbocycles. The van der Waals surface area contributed by atoms with Gasteiger partial charge in [0, 0.05) is 23.6 Å². The molecule has 0 radical (unpaired) electrons. The maximum atomic E-state index is 12.3. The molecule has 0 fully saturated rings. The van der Waals surface area contributed by atoms with Gasteiger partial charge in [-0.3, -0.25) is 9.59 Å². The minimum atomic E-state index is -0.208. The lowest BCUT2D eigenvalue weighted by molar-refractivity contribution is -0.133. The van der Waals surface area contributed by atoms with Crippen molar-refractivity contribution in [3.8, 4) is 0 Å². The van der Waals surface area contributed by atoms with Gasteiger partial charge in [-0.25, -0.2) is 0 Å². The zero-order valence-electron chi connectivity index (χ0n) is 14.1. The number of benzene rings is 2. The summed E-state index contributed by atoms with van der Waals surface area (Å²) in [5.74, 6) is -0.333. The largest absolute Gasteiger partial charge is 0.329 e. The Morgan fingerprint density at radius 2 is 1.79 bits per heavy atom. The Morgan fingerprint density at radius 3 is 2.42 bits per heavy atom. The van der Waals surface area contributed by atoms with E-state index in [9.17, 15) is 9.59 Å². The molecule has 2 aromatic rings. The zero-order valence-corrected chi connectivity index (χ0v) is 15.7. The van der Waals surface area contributed by atoms with E-state index in [1.807, 2.05) is 56.3 Å². The molecule has 0 aliphatic rings. The van der Waals surface area contributed by atoms with Crippen LogP contribution in [0.15, 0.2) is 46.9 Å². The van der Waals surface area contributed by atoms with Gasteiger partial charge in [-0.05, 0) is 48.7 Å². The van der Waals surface area contributed by atoms with Crippen LogP contribution in [0, 0.1) is 13.8 Å². The molecule has 0 saturated heterocycles. The topological polar surface area (TPSA) is 49.4 Å². The van der Waals surface area contributed by atoms with Crippen LogP contribution in [0.5, 0.6) is 0 Å². The fraction of sp³-hybridized carbons (Fsp3) is 0.263. The van der Waals surface area contributed by atoms with Crippen molar-refractivity contribution in [2.24, 2.45) is 0 Å². The highest BCUT2D eigenvalue weighted by Gasteiger charge is 2.15. The van der Waals surface area contributed by atoms with Crippen molar-refractivity contribution < 1.29 is 9.59 Å². The number of halogens is 1. The van der Waals surface area contributed by atoms with E-state index < -0.39 is 0 Å². The number of nitrogens with zero attached hydrogens (tertiary/aromatic N) is 1. The summed E-state index contributed by atoms with van der Waals surface area (Å²) >= 11 is 3.43. The molecule has 0 aliphatic carbocycles. The van der Waals surface area contributed by atoms with Crippen LogP contribution in [0.3, 0.4) is 0 Å². The Balaban J connectivity index is 2.04. The maximum Gasteiger partial charge on any atom is 0.244 e. The van der Waals surface area contributed by atoms with Crippen molar-refractivity contribution in [2.75, 3.05) is 11.9 Å². The number of anilines is 1. The third kappa shape index (κ3) is 4.93. The predicted octanol–water partition coefficient (Wildman–Crippen LogP) is 4.05. The average Bonchev–Trinajstić information content (AvgIpc) is 2.52. The molecule has 5 heteroatoms. The number of nitrogens with one attached hydrogen (secondary N) is 1. The van der Waals surface area contributed by atoms with Gasteiger partial charge in [0.15, 0.2) is 0 Å². The van der Waals surface area contributed by atoms with E-state index in [1.165, 1.54) is 6.92 Å². The standard InChI is InChI=1S/C19H21BrN2O2/c1-13-6-4-5-7-16(13)11-22(15(3)23)12-19(24)21-17-8-9-18(20)14(2)10-17/h4-10H,11-12H2,1-3H3,(H,21,24). The molecule has 0 atom stereocenters. The minimum Gasteiger partial charge on any atom is -0.329 e. The van der Waals surface area contributed by atoms with Gasteiger partial charge in [0.1, 0.15) is 6.54 Å². The molecule has 1 N–H and O–H groups in total. The summed E-state index contributed by atoms with van der Waals surface area (Å²) in [6, 6.07) is 13.5. The number of carbonyl (C=O) groups is 2. The van der Waals surface area contributed by atoms with E-state index >= 15 is 0 Å². The fourth-order valence-electron chi connectivity index (χ4n) is 2.37. The second-order valence-electron chi connectivity index (χ2n) is 5.81. The van der Waals surface area contributed by atoms with Gasteiger partial charge in [-0.2, -0.15) is 0 Å². The van der Waals surface area contributed by atoms with E-state index in [2.05, 4.69) is 21.2 Å². The first kappa shape index (κ1) is 18.2. The van der Waals surface area contributed by atoms with Crippen molar-refractivity contribution >= 4 is 33.4 Å². The quantitative estimate of drug-likeness (QED) is 0.839. The van der Waals surface area contributed by atoms with E-state index in [0.29, 0.717) is 6.54 Å². The summed E-state index contributed by atoms with van der Waals surface area (Å²) in [7, 11) is 0. The fourth-order valence-corrected chi connectivity index (χ4v) is 2.61. The molecule has 2 amide bonds. The summed E-state index contributed by atoms with van der Waals surface area (Å²) in [4.78, 5) is 25.7. The molecule has 24 heavy (non-hydrogen) atoms. The summed E-state index contributed by atoms with van der Waals surface area (Å²) in [5.41, 5.74) is 3.91. The molecule has 4 nitrogen and oxygen atoms in total. The number of hydrogen-bond acceptors (Lipinski definition) is 2. The Bertz CT molecular complexity index is 759. The minimum absolute atomic E-state index is 0.0266. The van der Waals surface area contributed by atoms with Gasteiger partial charge in [0.2, 0.25) is 11.8 Å². The van der Waals surface area contributed by atoms with E-state index in [1.54, 1.807) is 4.90 Å². The molecule has 2 aromatic carbocycles. The van der Waals surface area contributed by atoms with E-state index in [-0.39, 0.29) is 18.4 Å². The lowest BCUT2D eigenvalue weighted by Crippen LogP contribution is -2.36. The van der Waals surface area contributed by atoms with Crippen LogP contribution in [-0.4, -0.2) is 23.3 Å². The van der Waals surface area contributed by atoms with Gasteiger partial charge in [-0.15, -0.1) is 0 Å². The number of hydrogen-bond donors (Lipinski definition) is 1. The number of aryl methyl sites for hydroxylation is 2. The molecule has 0 aliphatic heterocycles. The molecule has 0 bridgehead atoms. The first-order chi connectivity index (χ1) is 11.4. The van der Waals surface area contributed by atoms with Crippen LogP contribution in [0.25, 0.3) is 0 Å². The SMILES string of the molecule is CC(=O)N(CC(=O)Nc1ccc(Br)c(C)c1)Cc1ccccc1C. The van der Waals surface area contributed by atoms with Gasteiger partial charge in [-0.1, -0.05) is 40.2 Å². The maximum absolute atomic E-state index is 12.3. The number of amides is 2. The predicted molar refractivity (Wildman–Crippen MR) is 99.8 cm³/mol. The average molecular weight is 389 g/mol. The van der Waals surface area contributed by atoms with Crippen LogP contribution in [0.1, 0.15) is 23.6 Å². The van der Waals surface area contributed by atoms with Crippen LogP contribution in [-0.2, 0) is 16.1 Å². The van der Waals surface area contributed by atoms with Gasteiger partial charge in [0.05, 0.1) is 0 Å². The summed E-state index contributed by atoms with van der Waals surface area (Å²) in [6.07, 6.45) is 0. The van der Waals surface area contributed by atoms with Crippen molar-refractivity contribution in [1.29, 1.82) is 0 Å². The normalized spacial score (nSPS) is 10.3. The highest BCUT2D eigenvalue weighted by Crippen LogP contribution is 2.20. The van der Waals surface area contributed by atoms with Gasteiger partial charge in [0.25, 0.3) is 0 Å². The molecule has 126 valence electrons. The Hall–Kier alpha value is -2.14. The number of carbonyl (C=O) groups excluding carboxylic acids is 2. The molecule has 2 rings (SSSR count). The van der Waals surface area contributed by atoms with Gasteiger partial charge >= 0.3 is 0 Å². The van der Waals surface area contributed by atoms with Crippen LogP contribution >= 0.6 is 15.9 Å². The summed E-state index contributed by atoms with van der Waals surface area (Å²) < 4.78 is 0.991. The molecule has 0 spiro atoms. The summed E-state index contributed by atoms with van der Waals surface area (Å²) in [5, 5.41) is 2.84. The Kier molecular flexibility index (Phi) is 6.15. The number of rotatable bonds is 5. The third-order valence-corrected chi connectivity index (χ3v) is 4.73. The molecular weight excluding hydrogens is 368 g/mol. The molecule has 0 unspecified atom stereocenters. The van der Waals surface area contributed by atoms with Crippen molar-refractivity contribution in [3.63, 3.8) is 0 Å². The van der Waals surface area contributed by atoms with Gasteiger partial charge < -0.3 is 10.2 Å². The molecular formula is C19H21BrN2O2. The first-order valence-corrected chi connectivity index (χ1v) is 8.52. The van der Waals surface area contributed by atoms with E-state index in [0.717, 1.165) is 26.9 Å². The van der Waals surface area contributed by atoms with Crippen LogP contribution in [0.4, 0.5) is 5.69 Å². The van der Waals surface area contributed by atoms with Crippen LogP contribution < -0.4 is 5.32 Å². The van der Waals surface area contributed by atoms with Crippen molar-refractivity contribution in [3.05, 3.63) is 63.6 Å². The zero-order chi connectivity index (χ0) is 17.7. The first-order valence-electron chi connectivity index (χ1n) is 7.73. The van der Waals surface area contributed by atoms with E-state index in [4.69, 9.17) is 0 Å². The second-order valence-corrected chi connectivity index (χ2v) is 6.67. The lowest BCUT2D eigenvalue weighted by Gasteiger charge is -2.21. The third-order valence-electron chi connectivity index (χ3n) is 3.84. The van der Waals surface area contributed by atoms with Crippen LogP contribution in [0.2, 0.25) is 0 Å². The molecule has 0 aromatic heterocycles.